The van der Waals surface area contributed by atoms with Crippen molar-refractivity contribution in [2.45, 2.75) is 71.3 Å². The first-order chi connectivity index (χ1) is 17.3. The summed E-state index contributed by atoms with van der Waals surface area (Å²) in [7, 11) is 0. The van der Waals surface area contributed by atoms with E-state index in [4.69, 9.17) is 0 Å². The second-order valence-corrected chi connectivity index (χ2v) is 11.2. The number of likely N-dealkylation sites (tertiary alicyclic amines) is 1. The Morgan fingerprint density at radius 3 is 2.54 bits per heavy atom. The fraction of sp³-hybridized carbons (Fsp3) is 0.560. The van der Waals surface area contributed by atoms with E-state index < -0.39 is 47.4 Å². The van der Waals surface area contributed by atoms with Gasteiger partial charge < -0.3 is 15.5 Å². The van der Waals surface area contributed by atoms with Gasteiger partial charge in [-0.15, -0.1) is 11.3 Å². The van der Waals surface area contributed by atoms with Crippen molar-refractivity contribution in [1.29, 1.82) is 5.26 Å². The van der Waals surface area contributed by atoms with E-state index in [1.54, 1.807) is 44.5 Å². The Morgan fingerprint density at radius 1 is 1.24 bits per heavy atom. The number of benzene rings is 1. The molecule has 3 amide bonds. The van der Waals surface area contributed by atoms with Crippen molar-refractivity contribution in [1.82, 2.24) is 20.5 Å². The molecule has 1 unspecified atom stereocenters. The van der Waals surface area contributed by atoms with Gasteiger partial charge in [-0.2, -0.15) is 18.4 Å². The monoisotopic (exact) mass is 537 g/mol. The molecule has 8 nitrogen and oxygen atoms in total. The first kappa shape index (κ1) is 28.4. The van der Waals surface area contributed by atoms with E-state index >= 15 is 0 Å². The van der Waals surface area contributed by atoms with Crippen LogP contribution in [0, 0.1) is 22.7 Å². The molecule has 200 valence electrons. The molecule has 1 fully saturated rings. The molecule has 1 aromatic heterocycles. The summed E-state index contributed by atoms with van der Waals surface area (Å²) >= 11 is 1.44. The molecular formula is C25H30F3N5O3S. The van der Waals surface area contributed by atoms with Crippen LogP contribution in [-0.2, 0) is 14.4 Å². The van der Waals surface area contributed by atoms with E-state index in [2.05, 4.69) is 16.4 Å². The topological polar surface area (TPSA) is 115 Å². The van der Waals surface area contributed by atoms with Gasteiger partial charge in [0, 0.05) is 6.54 Å². The zero-order chi connectivity index (χ0) is 27.5. The number of nitrogens with one attached hydrogen (secondary N) is 2. The van der Waals surface area contributed by atoms with Gasteiger partial charge in [-0.05, 0) is 41.9 Å². The van der Waals surface area contributed by atoms with E-state index in [9.17, 15) is 32.8 Å². The molecule has 0 spiro atoms. The number of fused-ring (bicyclic) bond motifs is 1. The van der Waals surface area contributed by atoms with Crippen LogP contribution in [0.25, 0.3) is 10.2 Å². The van der Waals surface area contributed by atoms with Crippen LogP contribution in [0.15, 0.2) is 23.7 Å². The van der Waals surface area contributed by atoms with Gasteiger partial charge in [-0.1, -0.05) is 40.2 Å². The van der Waals surface area contributed by atoms with Gasteiger partial charge in [-0.25, -0.2) is 4.98 Å². The normalized spacial score (nSPS) is 19.8. The van der Waals surface area contributed by atoms with Crippen LogP contribution in [0.2, 0.25) is 0 Å². The van der Waals surface area contributed by atoms with Gasteiger partial charge in [0.2, 0.25) is 11.8 Å². The zero-order valence-corrected chi connectivity index (χ0v) is 21.9. The fourth-order valence-electron chi connectivity index (χ4n) is 4.54. The summed E-state index contributed by atoms with van der Waals surface area (Å²) in [5.74, 6) is -3.60. The Hall–Kier alpha value is -3.20. The third-order valence-corrected chi connectivity index (χ3v) is 7.23. The summed E-state index contributed by atoms with van der Waals surface area (Å²) in [5, 5.41) is 14.3. The highest BCUT2D eigenvalue weighted by molar-refractivity contribution is 7.16. The number of alkyl halides is 3. The van der Waals surface area contributed by atoms with E-state index in [1.807, 2.05) is 12.2 Å². The third-order valence-electron chi connectivity index (χ3n) is 6.42. The summed E-state index contributed by atoms with van der Waals surface area (Å²) < 4.78 is 39.9. The Kier molecular flexibility index (Phi) is 8.47. The minimum atomic E-state index is -5.16. The predicted molar refractivity (Wildman–Crippen MR) is 132 cm³/mol. The number of thiazole rings is 1. The lowest BCUT2D eigenvalue weighted by atomic mass is 9.85. The lowest BCUT2D eigenvalue weighted by Gasteiger charge is -2.35. The summed E-state index contributed by atoms with van der Waals surface area (Å²) in [6, 6.07) is 3.78. The maximum absolute atomic E-state index is 13.6. The van der Waals surface area contributed by atoms with Crippen LogP contribution in [0.1, 0.15) is 58.6 Å². The smallest absolute Gasteiger partial charge is 0.336 e. The number of nitriles is 1. The molecule has 0 saturated carbocycles. The van der Waals surface area contributed by atoms with Crippen LogP contribution in [0.3, 0.4) is 0 Å². The molecule has 0 radical (unpaired) electrons. The number of hydrogen-bond donors (Lipinski definition) is 2. The minimum absolute atomic E-state index is 0.0458. The van der Waals surface area contributed by atoms with Crippen molar-refractivity contribution < 1.29 is 27.6 Å². The quantitative estimate of drug-likeness (QED) is 0.552. The number of amides is 3. The first-order valence-electron chi connectivity index (χ1n) is 12.0. The number of carbonyl (C=O) groups excluding carboxylic acids is 3. The van der Waals surface area contributed by atoms with Crippen LogP contribution >= 0.6 is 11.3 Å². The average molecular weight is 538 g/mol. The molecule has 3 rings (SSSR count). The molecule has 0 bridgehead atoms. The standard InChI is InChI=1S/C25H30F3N5O3S/c1-5-6-14-9-18(21(34)31-17(11-29)15-7-8-19-16(10-15)30-13-37-19)33(12-14)22(35)20(24(2,3)4)32-23(36)25(26,27)28/h7-8,10,13-14,17-18,20H,5-6,9,12H2,1-4H3,(H,31,34)(H,32,36)/t14-,17?,18-,20+/m0/s1. The van der Waals surface area contributed by atoms with Crippen LogP contribution in [-0.4, -0.2) is 52.4 Å². The number of halogens is 3. The Labute approximate surface area is 217 Å². The van der Waals surface area contributed by atoms with Crippen molar-refractivity contribution >= 4 is 39.3 Å². The lowest BCUT2D eigenvalue weighted by molar-refractivity contribution is -0.176. The highest BCUT2D eigenvalue weighted by Crippen LogP contribution is 2.32. The number of carbonyl (C=O) groups is 3. The van der Waals surface area contributed by atoms with E-state index in [0.29, 0.717) is 23.9 Å². The molecular weight excluding hydrogens is 507 g/mol. The summed E-state index contributed by atoms with van der Waals surface area (Å²) in [6.07, 6.45) is -3.35. The van der Waals surface area contributed by atoms with Gasteiger partial charge in [0.25, 0.3) is 0 Å². The van der Waals surface area contributed by atoms with Crippen molar-refractivity contribution in [3.63, 3.8) is 0 Å². The van der Waals surface area contributed by atoms with Gasteiger partial charge >= 0.3 is 12.1 Å². The average Bonchev–Trinajstić information content (AvgIpc) is 3.45. The van der Waals surface area contributed by atoms with E-state index in [-0.39, 0.29) is 12.5 Å². The molecule has 4 atom stereocenters. The fourth-order valence-corrected chi connectivity index (χ4v) is 5.20. The van der Waals surface area contributed by atoms with Gasteiger partial charge in [0.1, 0.15) is 18.1 Å². The maximum Gasteiger partial charge on any atom is 0.471 e. The second-order valence-electron chi connectivity index (χ2n) is 10.3. The van der Waals surface area contributed by atoms with Crippen LogP contribution in [0.4, 0.5) is 13.2 Å². The summed E-state index contributed by atoms with van der Waals surface area (Å²) in [5.41, 5.74) is 1.83. The van der Waals surface area contributed by atoms with Crippen LogP contribution in [0.5, 0.6) is 0 Å². The Morgan fingerprint density at radius 2 is 1.95 bits per heavy atom. The summed E-state index contributed by atoms with van der Waals surface area (Å²) in [4.78, 5) is 44.1. The Balaban J connectivity index is 1.86. The first-order valence-corrected chi connectivity index (χ1v) is 12.9. The van der Waals surface area contributed by atoms with Crippen molar-refractivity contribution in [2.24, 2.45) is 11.3 Å². The third kappa shape index (κ3) is 6.57. The second kappa shape index (κ2) is 11.0. The van der Waals surface area contributed by atoms with E-state index in [0.717, 1.165) is 11.1 Å². The molecule has 2 heterocycles. The van der Waals surface area contributed by atoms with Crippen molar-refractivity contribution in [3.8, 4) is 6.07 Å². The van der Waals surface area contributed by atoms with Crippen molar-refractivity contribution in [3.05, 3.63) is 29.3 Å². The number of aromatic nitrogens is 1. The number of rotatable bonds is 7. The van der Waals surface area contributed by atoms with Crippen molar-refractivity contribution in [2.75, 3.05) is 6.54 Å². The predicted octanol–water partition coefficient (Wildman–Crippen LogP) is 4.09. The molecule has 0 aliphatic carbocycles. The molecule has 2 N–H and O–H groups in total. The highest BCUT2D eigenvalue weighted by atomic mass is 32.1. The number of nitrogens with zero attached hydrogens (tertiary/aromatic N) is 3. The van der Waals surface area contributed by atoms with Gasteiger partial charge in [0.15, 0.2) is 0 Å². The largest absolute Gasteiger partial charge is 0.471 e. The number of hydrogen-bond acceptors (Lipinski definition) is 6. The van der Waals surface area contributed by atoms with Gasteiger partial charge in [-0.3, -0.25) is 14.4 Å². The molecule has 2 aromatic rings. The molecule has 1 aromatic carbocycles. The van der Waals surface area contributed by atoms with Gasteiger partial charge in [0.05, 0.1) is 21.8 Å². The molecule has 12 heteroatoms. The molecule has 1 aliphatic rings. The zero-order valence-electron chi connectivity index (χ0n) is 21.1. The lowest BCUT2D eigenvalue weighted by Crippen LogP contribution is -2.59. The SMILES string of the molecule is CCC[C@H]1C[C@@H](C(=O)NC(C#N)c2ccc3scnc3c2)N(C(=O)[C@@H](NC(=O)C(F)(F)F)C(C)(C)C)C1. The van der Waals surface area contributed by atoms with E-state index in [1.165, 1.54) is 16.2 Å². The molecule has 1 saturated heterocycles. The minimum Gasteiger partial charge on any atom is -0.336 e. The molecule has 37 heavy (non-hydrogen) atoms. The maximum atomic E-state index is 13.6. The molecule has 1 aliphatic heterocycles. The Bertz CT molecular complexity index is 1200. The van der Waals surface area contributed by atoms with Crippen LogP contribution < -0.4 is 10.6 Å². The summed E-state index contributed by atoms with van der Waals surface area (Å²) in [6.45, 7) is 6.76. The highest BCUT2D eigenvalue weighted by Gasteiger charge is 2.48.